The number of anilines is 1. The van der Waals surface area contributed by atoms with Crippen LogP contribution in [-0.2, 0) is 6.18 Å². The Morgan fingerprint density at radius 1 is 1.06 bits per heavy atom. The van der Waals surface area contributed by atoms with Gasteiger partial charge >= 0.3 is 6.18 Å². The van der Waals surface area contributed by atoms with Crippen LogP contribution in [0.5, 0.6) is 0 Å². The smallest absolute Gasteiger partial charge is 0.396 e. The van der Waals surface area contributed by atoms with Crippen LogP contribution in [0.4, 0.5) is 23.4 Å². The number of hydrogen-bond donors (Lipinski definition) is 1. The highest BCUT2D eigenvalue weighted by Gasteiger charge is 2.31. The summed E-state index contributed by atoms with van der Waals surface area (Å²) in [4.78, 5) is 14.9. The van der Waals surface area contributed by atoms with Gasteiger partial charge in [0.15, 0.2) is 5.82 Å². The number of benzene rings is 1. The predicted molar refractivity (Wildman–Crippen MR) is 108 cm³/mol. The SMILES string of the molecule is OC[C@H]1CCN(c2cc(-c3ccc(C(F)(F)F)cc3)nc(-c3cccnc3)n2)C[C@H]1F. The number of nitrogens with zero attached hydrogens (tertiary/aromatic N) is 4. The number of rotatable bonds is 4. The third-order valence-electron chi connectivity index (χ3n) is 5.37. The van der Waals surface area contributed by atoms with Crippen LogP contribution in [0.1, 0.15) is 12.0 Å². The van der Waals surface area contributed by atoms with E-state index in [4.69, 9.17) is 0 Å². The summed E-state index contributed by atoms with van der Waals surface area (Å²) in [6, 6.07) is 9.88. The molecule has 0 radical (unpaired) electrons. The van der Waals surface area contributed by atoms with Gasteiger partial charge in [-0.3, -0.25) is 4.98 Å². The van der Waals surface area contributed by atoms with Gasteiger partial charge in [0, 0.05) is 48.7 Å². The maximum atomic E-state index is 14.4. The third-order valence-corrected chi connectivity index (χ3v) is 5.37. The van der Waals surface area contributed by atoms with E-state index in [0.29, 0.717) is 41.4 Å². The Labute approximate surface area is 176 Å². The molecule has 3 aromatic rings. The molecule has 1 aliphatic rings. The van der Waals surface area contributed by atoms with E-state index in [1.807, 2.05) is 0 Å². The number of aliphatic hydroxyl groups excluding tert-OH is 1. The molecule has 2 aromatic heterocycles. The fraction of sp³-hybridized carbons (Fsp3) is 0.318. The van der Waals surface area contributed by atoms with Gasteiger partial charge in [-0.15, -0.1) is 0 Å². The van der Waals surface area contributed by atoms with Crippen LogP contribution in [-0.4, -0.2) is 45.9 Å². The molecule has 0 amide bonds. The zero-order valence-electron chi connectivity index (χ0n) is 16.4. The third kappa shape index (κ3) is 4.66. The van der Waals surface area contributed by atoms with Crippen molar-refractivity contribution in [2.24, 2.45) is 5.92 Å². The first kappa shape index (κ1) is 21.2. The van der Waals surface area contributed by atoms with Crippen LogP contribution in [0.15, 0.2) is 54.9 Å². The Morgan fingerprint density at radius 2 is 1.84 bits per heavy atom. The van der Waals surface area contributed by atoms with Crippen molar-refractivity contribution >= 4 is 5.82 Å². The van der Waals surface area contributed by atoms with Crippen molar-refractivity contribution in [2.75, 3.05) is 24.6 Å². The van der Waals surface area contributed by atoms with Crippen LogP contribution in [0, 0.1) is 5.92 Å². The number of pyridine rings is 1. The van der Waals surface area contributed by atoms with Crippen LogP contribution < -0.4 is 4.90 Å². The summed E-state index contributed by atoms with van der Waals surface area (Å²) < 4.78 is 53.2. The Bertz CT molecular complexity index is 1030. The molecule has 1 N–H and O–H groups in total. The van der Waals surface area contributed by atoms with E-state index in [1.54, 1.807) is 35.5 Å². The minimum Gasteiger partial charge on any atom is -0.396 e. The van der Waals surface area contributed by atoms with Gasteiger partial charge in [-0.2, -0.15) is 13.2 Å². The molecule has 5 nitrogen and oxygen atoms in total. The quantitative estimate of drug-likeness (QED) is 0.620. The molecule has 4 rings (SSSR count). The van der Waals surface area contributed by atoms with Crippen molar-refractivity contribution in [1.82, 2.24) is 15.0 Å². The number of piperidine rings is 1. The van der Waals surface area contributed by atoms with E-state index in [0.717, 1.165) is 12.1 Å². The van der Waals surface area contributed by atoms with E-state index >= 15 is 0 Å². The average molecular weight is 432 g/mol. The second-order valence-electron chi connectivity index (χ2n) is 7.45. The van der Waals surface area contributed by atoms with Gasteiger partial charge in [-0.1, -0.05) is 12.1 Å². The van der Waals surface area contributed by atoms with Crippen molar-refractivity contribution < 1.29 is 22.7 Å². The number of halogens is 4. The summed E-state index contributed by atoms with van der Waals surface area (Å²) in [7, 11) is 0. The molecule has 9 heteroatoms. The van der Waals surface area contributed by atoms with E-state index in [1.165, 1.54) is 12.1 Å². The second-order valence-corrected chi connectivity index (χ2v) is 7.45. The molecule has 2 atom stereocenters. The molecule has 1 aromatic carbocycles. The first-order chi connectivity index (χ1) is 14.8. The van der Waals surface area contributed by atoms with E-state index in [-0.39, 0.29) is 13.2 Å². The van der Waals surface area contributed by atoms with Gasteiger partial charge in [0.1, 0.15) is 12.0 Å². The zero-order valence-corrected chi connectivity index (χ0v) is 16.4. The van der Waals surface area contributed by atoms with Crippen molar-refractivity contribution in [3.8, 4) is 22.6 Å². The van der Waals surface area contributed by atoms with Crippen LogP contribution in [0.25, 0.3) is 22.6 Å². The summed E-state index contributed by atoms with van der Waals surface area (Å²) >= 11 is 0. The molecule has 0 saturated carbocycles. The number of alkyl halides is 4. The highest BCUT2D eigenvalue weighted by Crippen LogP contribution is 2.33. The number of aromatic nitrogens is 3. The second kappa shape index (κ2) is 8.58. The van der Waals surface area contributed by atoms with Gasteiger partial charge in [0.2, 0.25) is 0 Å². The van der Waals surface area contributed by atoms with Gasteiger partial charge in [0.05, 0.1) is 17.8 Å². The van der Waals surface area contributed by atoms with E-state index < -0.39 is 23.8 Å². The minimum absolute atomic E-state index is 0.0706. The molecule has 1 saturated heterocycles. The normalized spacial score (nSPS) is 19.5. The summed E-state index contributed by atoms with van der Waals surface area (Å²) in [6.07, 6.45) is -1.96. The molecule has 0 unspecified atom stereocenters. The summed E-state index contributed by atoms with van der Waals surface area (Å²) in [5.74, 6) is 0.410. The molecule has 0 bridgehead atoms. The topological polar surface area (TPSA) is 62.1 Å². The van der Waals surface area contributed by atoms with Gasteiger partial charge in [0.25, 0.3) is 0 Å². The largest absolute Gasteiger partial charge is 0.416 e. The molecular weight excluding hydrogens is 412 g/mol. The minimum atomic E-state index is -4.43. The Hall–Kier alpha value is -3.07. The standard InChI is InChI=1S/C22H20F4N4O/c23-18-12-30(9-7-16(18)13-31)20-10-19(14-3-5-17(6-4-14)22(24,25)26)28-21(29-20)15-2-1-8-27-11-15/h1-6,8,10-11,16,18,31H,7,9,12-13H2/t16-,18-/m1/s1. The molecule has 1 fully saturated rings. The number of aliphatic hydroxyl groups is 1. The maximum Gasteiger partial charge on any atom is 0.416 e. The van der Waals surface area contributed by atoms with E-state index in [2.05, 4.69) is 15.0 Å². The lowest BCUT2D eigenvalue weighted by atomic mass is 9.96. The lowest BCUT2D eigenvalue weighted by molar-refractivity contribution is -0.137. The first-order valence-electron chi connectivity index (χ1n) is 9.82. The lowest BCUT2D eigenvalue weighted by Crippen LogP contribution is -2.43. The Kier molecular flexibility index (Phi) is 5.86. The summed E-state index contributed by atoms with van der Waals surface area (Å²) in [6.45, 7) is 0.360. The fourth-order valence-corrected chi connectivity index (χ4v) is 3.57. The molecule has 3 heterocycles. The molecule has 1 aliphatic heterocycles. The Balaban J connectivity index is 1.74. The van der Waals surface area contributed by atoms with Crippen LogP contribution >= 0.6 is 0 Å². The lowest BCUT2D eigenvalue weighted by Gasteiger charge is -2.34. The molecule has 0 spiro atoms. The van der Waals surface area contributed by atoms with Crippen molar-refractivity contribution in [3.05, 3.63) is 60.4 Å². The van der Waals surface area contributed by atoms with Gasteiger partial charge in [-0.25, -0.2) is 14.4 Å². The van der Waals surface area contributed by atoms with Crippen LogP contribution in [0.3, 0.4) is 0 Å². The first-order valence-corrected chi connectivity index (χ1v) is 9.82. The van der Waals surface area contributed by atoms with Crippen LogP contribution in [0.2, 0.25) is 0 Å². The molecule has 31 heavy (non-hydrogen) atoms. The molecule has 162 valence electrons. The predicted octanol–water partition coefficient (Wildman–Crippen LogP) is 4.38. The average Bonchev–Trinajstić information content (AvgIpc) is 2.79. The Morgan fingerprint density at radius 3 is 2.45 bits per heavy atom. The van der Waals surface area contributed by atoms with Crippen molar-refractivity contribution in [2.45, 2.75) is 18.8 Å². The van der Waals surface area contributed by atoms with Gasteiger partial charge < -0.3 is 10.0 Å². The highest BCUT2D eigenvalue weighted by molar-refractivity contribution is 5.68. The maximum absolute atomic E-state index is 14.4. The van der Waals surface area contributed by atoms with Crippen molar-refractivity contribution in [1.29, 1.82) is 0 Å². The van der Waals surface area contributed by atoms with E-state index in [9.17, 15) is 22.7 Å². The fourth-order valence-electron chi connectivity index (χ4n) is 3.57. The van der Waals surface area contributed by atoms with Gasteiger partial charge in [-0.05, 0) is 30.7 Å². The monoisotopic (exact) mass is 432 g/mol. The molecule has 0 aliphatic carbocycles. The highest BCUT2D eigenvalue weighted by atomic mass is 19.4. The summed E-state index contributed by atoms with van der Waals surface area (Å²) in [5, 5.41) is 9.31. The zero-order chi connectivity index (χ0) is 22.0. The summed E-state index contributed by atoms with van der Waals surface area (Å²) in [5.41, 5.74) is 0.810. The van der Waals surface area contributed by atoms with Crippen molar-refractivity contribution in [3.63, 3.8) is 0 Å². The number of hydrogen-bond acceptors (Lipinski definition) is 5. The molecular formula is C22H20F4N4O.